The molecule has 0 spiro atoms. The van der Waals surface area contributed by atoms with Crippen molar-refractivity contribution in [3.05, 3.63) is 128 Å². The first kappa shape index (κ1) is 25.8. The Bertz CT molecular complexity index is 1980. The lowest BCUT2D eigenvalue weighted by Crippen LogP contribution is -2.54. The summed E-state index contributed by atoms with van der Waals surface area (Å²) in [6, 6.07) is 27.3. The van der Waals surface area contributed by atoms with Gasteiger partial charge in [-0.05, 0) is 46.5 Å². The number of benzene rings is 4. The highest BCUT2D eigenvalue weighted by atomic mass is 35.5. The number of nitro benzene ring substituents is 1. The molecule has 2 bridgehead atoms. The van der Waals surface area contributed by atoms with Gasteiger partial charge in [0.25, 0.3) is 5.69 Å². The fraction of sp³-hybridized carbons (Fsp3) is 0.125. The Balaban J connectivity index is 1.32. The van der Waals surface area contributed by atoms with Gasteiger partial charge in [-0.2, -0.15) is 5.10 Å². The van der Waals surface area contributed by atoms with Gasteiger partial charge < -0.3 is 0 Å². The number of amides is 2. The lowest BCUT2D eigenvalue weighted by atomic mass is 9.47. The van der Waals surface area contributed by atoms with E-state index < -0.39 is 45.6 Å². The minimum atomic E-state index is -1.13. The van der Waals surface area contributed by atoms with Gasteiger partial charge in [0, 0.05) is 23.2 Å². The number of nitrogens with zero attached hydrogens (tertiary/aromatic N) is 4. The molecule has 11 heteroatoms. The van der Waals surface area contributed by atoms with E-state index in [0.717, 1.165) is 43.4 Å². The number of aromatic nitrogens is 1. The Morgan fingerprint density at radius 2 is 1.63 bits per heavy atom. The Kier molecular flexibility index (Phi) is 5.56. The van der Waals surface area contributed by atoms with Crippen LogP contribution in [0.15, 0.2) is 96.1 Å². The number of para-hydroxylation sites is 1. The smallest absolute Gasteiger partial charge is 0.274 e. The molecule has 9 rings (SSSR count). The van der Waals surface area contributed by atoms with Gasteiger partial charge in [0.2, 0.25) is 16.9 Å². The summed E-state index contributed by atoms with van der Waals surface area (Å²) in [5.74, 6) is -3.07. The second-order valence-corrected chi connectivity index (χ2v) is 12.3. The van der Waals surface area contributed by atoms with Gasteiger partial charge in [-0.1, -0.05) is 83.6 Å². The molecule has 2 amide bonds. The van der Waals surface area contributed by atoms with E-state index in [1.807, 2.05) is 72.8 Å². The molecule has 2 heterocycles. The van der Waals surface area contributed by atoms with Crippen LogP contribution in [-0.2, 0) is 15.0 Å². The number of fused-ring (bicyclic) bond motifs is 1. The van der Waals surface area contributed by atoms with E-state index in [-0.39, 0.29) is 10.7 Å². The number of thiazole rings is 1. The Morgan fingerprint density at radius 3 is 2.33 bits per heavy atom. The van der Waals surface area contributed by atoms with E-state index in [1.54, 1.807) is 6.21 Å². The molecule has 5 aromatic rings. The Morgan fingerprint density at radius 1 is 0.953 bits per heavy atom. The average molecular weight is 606 g/mol. The van der Waals surface area contributed by atoms with Crippen molar-refractivity contribution in [2.45, 2.75) is 11.3 Å². The molecule has 0 unspecified atom stereocenters. The normalized spacial score (nSPS) is 23.5. The van der Waals surface area contributed by atoms with Crippen LogP contribution < -0.4 is 10.3 Å². The number of nitro groups is 1. The highest BCUT2D eigenvalue weighted by Crippen LogP contribution is 2.64. The largest absolute Gasteiger partial charge is 0.294 e. The van der Waals surface area contributed by atoms with E-state index in [2.05, 4.69) is 15.5 Å². The maximum atomic E-state index is 14.5. The molecule has 1 aliphatic heterocycles. The van der Waals surface area contributed by atoms with Crippen molar-refractivity contribution in [3.8, 4) is 0 Å². The van der Waals surface area contributed by atoms with Crippen molar-refractivity contribution in [2.75, 3.05) is 10.3 Å². The van der Waals surface area contributed by atoms with Crippen LogP contribution in [0.5, 0.6) is 0 Å². The molecule has 1 N–H and O–H groups in total. The summed E-state index contributed by atoms with van der Waals surface area (Å²) in [6.07, 6.45) is 1.72. The highest BCUT2D eigenvalue weighted by Gasteiger charge is 2.68. The fourth-order valence-electron chi connectivity index (χ4n) is 7.23. The van der Waals surface area contributed by atoms with E-state index in [9.17, 15) is 19.7 Å². The third kappa shape index (κ3) is 3.50. The second kappa shape index (κ2) is 9.29. The van der Waals surface area contributed by atoms with E-state index in [1.165, 1.54) is 23.5 Å². The summed E-state index contributed by atoms with van der Waals surface area (Å²) in [4.78, 5) is 45.9. The van der Waals surface area contributed by atoms with E-state index in [4.69, 9.17) is 11.6 Å². The quantitative estimate of drug-likeness (QED) is 0.106. The van der Waals surface area contributed by atoms with Crippen molar-refractivity contribution >= 4 is 67.7 Å². The molecule has 0 saturated carbocycles. The zero-order chi connectivity index (χ0) is 29.5. The summed E-state index contributed by atoms with van der Waals surface area (Å²) >= 11 is 7.53. The topological polar surface area (TPSA) is 118 Å². The minimum absolute atomic E-state index is 0.0917. The first-order valence-corrected chi connectivity index (χ1v) is 14.8. The third-order valence-corrected chi connectivity index (χ3v) is 9.96. The molecular weight excluding hydrogens is 586 g/mol. The van der Waals surface area contributed by atoms with Crippen LogP contribution in [0.4, 0.5) is 16.5 Å². The summed E-state index contributed by atoms with van der Waals surface area (Å²) in [5, 5.41) is 17.4. The number of carbonyl (C=O) groups excluding carboxylic acids is 2. The molecule has 1 saturated heterocycles. The van der Waals surface area contributed by atoms with Crippen LogP contribution in [0.2, 0.25) is 5.02 Å². The maximum Gasteiger partial charge on any atom is 0.294 e. The number of imide groups is 1. The van der Waals surface area contributed by atoms with Gasteiger partial charge in [-0.15, -0.1) is 0 Å². The fourth-order valence-corrected chi connectivity index (χ4v) is 8.21. The van der Waals surface area contributed by atoms with Crippen LogP contribution in [0, 0.1) is 22.0 Å². The van der Waals surface area contributed by atoms with Gasteiger partial charge in [0.05, 0.1) is 32.4 Å². The number of halogens is 1. The molecule has 43 heavy (non-hydrogen) atoms. The zero-order valence-corrected chi connectivity index (χ0v) is 23.8. The molecule has 1 fully saturated rings. The molecule has 3 aliphatic carbocycles. The summed E-state index contributed by atoms with van der Waals surface area (Å²) in [6.45, 7) is 0. The van der Waals surface area contributed by atoms with Crippen molar-refractivity contribution in [3.63, 3.8) is 0 Å². The third-order valence-electron chi connectivity index (χ3n) is 8.78. The molecule has 9 nitrogen and oxygen atoms in total. The zero-order valence-electron chi connectivity index (χ0n) is 22.2. The number of carbonyl (C=O) groups is 2. The van der Waals surface area contributed by atoms with E-state index >= 15 is 0 Å². The summed E-state index contributed by atoms with van der Waals surface area (Å²) in [5.41, 5.74) is 5.90. The van der Waals surface area contributed by atoms with Crippen LogP contribution in [-0.4, -0.2) is 27.9 Å². The predicted octanol–water partition coefficient (Wildman–Crippen LogP) is 6.51. The van der Waals surface area contributed by atoms with Crippen molar-refractivity contribution in [1.82, 2.24) is 4.98 Å². The Hall–Kier alpha value is -4.93. The number of hydrazone groups is 1. The first-order chi connectivity index (χ1) is 20.9. The number of rotatable bonds is 5. The lowest BCUT2D eigenvalue weighted by molar-refractivity contribution is -0.384. The first-order valence-electron chi connectivity index (χ1n) is 13.6. The number of hydrogen-bond donors (Lipinski definition) is 1. The molecule has 4 aromatic carbocycles. The number of hydrogen-bond acceptors (Lipinski definition) is 8. The van der Waals surface area contributed by atoms with Gasteiger partial charge >= 0.3 is 0 Å². The van der Waals surface area contributed by atoms with Crippen LogP contribution in [0.3, 0.4) is 0 Å². The van der Waals surface area contributed by atoms with Gasteiger partial charge in [0.1, 0.15) is 5.69 Å². The van der Waals surface area contributed by atoms with Crippen LogP contribution in [0.1, 0.15) is 28.2 Å². The monoisotopic (exact) mass is 605 g/mol. The molecular formula is C32H20ClN5O4S. The van der Waals surface area contributed by atoms with Crippen LogP contribution in [0.25, 0.3) is 10.2 Å². The van der Waals surface area contributed by atoms with Gasteiger partial charge in [0.15, 0.2) is 0 Å². The van der Waals surface area contributed by atoms with Gasteiger partial charge in [-0.3, -0.25) is 25.1 Å². The van der Waals surface area contributed by atoms with Crippen molar-refractivity contribution in [2.24, 2.45) is 16.9 Å². The molecule has 4 aliphatic rings. The lowest BCUT2D eigenvalue weighted by Gasteiger charge is -2.52. The van der Waals surface area contributed by atoms with Gasteiger partial charge in [-0.25, -0.2) is 9.88 Å². The molecule has 210 valence electrons. The van der Waals surface area contributed by atoms with E-state index in [0.29, 0.717) is 5.13 Å². The number of anilines is 2. The second-order valence-electron chi connectivity index (χ2n) is 10.8. The Labute approximate surface area is 253 Å². The molecule has 0 radical (unpaired) electrons. The maximum absolute atomic E-state index is 14.5. The van der Waals surface area contributed by atoms with Crippen molar-refractivity contribution in [1.29, 1.82) is 0 Å². The highest BCUT2D eigenvalue weighted by molar-refractivity contribution is 7.22. The molecule has 1 aromatic heterocycles. The predicted molar refractivity (Wildman–Crippen MR) is 165 cm³/mol. The summed E-state index contributed by atoms with van der Waals surface area (Å²) in [7, 11) is 0. The molecule has 2 atom stereocenters. The number of nitrogens with one attached hydrogen (secondary N) is 1. The SMILES string of the molecule is O=C1[C@H]2C3c4ccccc4C(/C=N\Nc4nc5ccccc5s4)(c4ccccc43)[C@H]2C(=O)N1c1ccc(Cl)cc1[N+](=O)[O-]. The average Bonchev–Trinajstić information content (AvgIpc) is 3.55. The minimum Gasteiger partial charge on any atom is -0.274 e. The summed E-state index contributed by atoms with van der Waals surface area (Å²) < 4.78 is 1.00. The van der Waals surface area contributed by atoms with Crippen molar-refractivity contribution < 1.29 is 14.5 Å². The standard InChI is InChI=1S/C32H20ClN5O4S/c33-17-13-14-23(24(15-17)38(41)42)37-29(39)27-26-18-7-1-3-9-20(18)32(28(27)30(37)40,21-10-4-2-8-19(21)26)16-34-36-31-35-22-11-5-6-12-25(22)43-31/h1-16,26-28H,(H,35,36)/b34-16-/t26?,27-,28+,32?/m0/s1. The van der Waals surface area contributed by atoms with Crippen LogP contribution >= 0.6 is 22.9 Å².